The Kier molecular flexibility index (Phi) is 4.52. The fourth-order valence-corrected chi connectivity index (χ4v) is 4.84. The molecular weight excluding hydrogens is 321 g/mol. The third-order valence-electron chi connectivity index (χ3n) is 6.21. The number of ether oxygens (including phenoxy) is 1. The Morgan fingerprint density at radius 1 is 1.28 bits per heavy atom. The molecule has 5 nitrogen and oxygen atoms in total. The molecule has 3 atom stereocenters. The molecule has 2 N–H and O–H groups in total. The van der Waals surface area contributed by atoms with Gasteiger partial charge in [-0.2, -0.15) is 0 Å². The normalized spacial score (nSPS) is 31.1. The number of piperidine rings is 1. The predicted molar refractivity (Wildman–Crippen MR) is 92.5 cm³/mol. The monoisotopic (exact) mass is 347 g/mol. The number of amides is 1. The summed E-state index contributed by atoms with van der Waals surface area (Å²) in [4.78, 5) is 15.5. The zero-order valence-electron chi connectivity index (χ0n) is 14.6. The first-order chi connectivity index (χ1) is 12.1. The minimum absolute atomic E-state index is 0.0696. The summed E-state index contributed by atoms with van der Waals surface area (Å²) in [6, 6.07) is 6.63. The minimum Gasteiger partial charge on any atom is -0.368 e. The molecule has 0 bridgehead atoms. The van der Waals surface area contributed by atoms with Gasteiger partial charge < -0.3 is 20.3 Å². The maximum atomic E-state index is 13.8. The largest absolute Gasteiger partial charge is 0.368 e. The molecule has 3 heterocycles. The number of likely N-dealkylation sites (tertiary alicyclic amines) is 1. The van der Waals surface area contributed by atoms with Crippen LogP contribution in [0, 0.1) is 17.7 Å². The van der Waals surface area contributed by atoms with Gasteiger partial charge in [0.15, 0.2) is 0 Å². The highest BCUT2D eigenvalue weighted by Crippen LogP contribution is 2.44. The molecule has 3 fully saturated rings. The van der Waals surface area contributed by atoms with Crippen molar-refractivity contribution in [3.8, 4) is 0 Å². The van der Waals surface area contributed by atoms with E-state index in [2.05, 4.69) is 10.6 Å². The van der Waals surface area contributed by atoms with E-state index in [1.165, 1.54) is 6.07 Å². The molecule has 1 amide bonds. The van der Waals surface area contributed by atoms with Crippen LogP contribution in [0.3, 0.4) is 0 Å². The van der Waals surface area contributed by atoms with Crippen molar-refractivity contribution in [2.75, 3.05) is 39.8 Å². The zero-order valence-corrected chi connectivity index (χ0v) is 14.6. The van der Waals surface area contributed by atoms with Crippen LogP contribution in [-0.4, -0.2) is 56.2 Å². The van der Waals surface area contributed by atoms with Gasteiger partial charge in [0, 0.05) is 32.7 Å². The SMILES string of the molecule is COC1(C(=O)N2C[C@@H]3CNC[C@@H]3[C@@H]2c2cccc(F)c2)CCNCC1. The van der Waals surface area contributed by atoms with E-state index in [9.17, 15) is 9.18 Å². The maximum Gasteiger partial charge on any atom is 0.255 e. The topological polar surface area (TPSA) is 53.6 Å². The van der Waals surface area contributed by atoms with Crippen LogP contribution in [0.5, 0.6) is 0 Å². The summed E-state index contributed by atoms with van der Waals surface area (Å²) in [5.41, 5.74) is 0.146. The second kappa shape index (κ2) is 6.67. The van der Waals surface area contributed by atoms with Gasteiger partial charge in [-0.1, -0.05) is 12.1 Å². The van der Waals surface area contributed by atoms with E-state index in [1.807, 2.05) is 11.0 Å². The van der Waals surface area contributed by atoms with E-state index in [-0.39, 0.29) is 17.8 Å². The van der Waals surface area contributed by atoms with E-state index < -0.39 is 5.60 Å². The molecule has 4 rings (SSSR count). The summed E-state index contributed by atoms with van der Waals surface area (Å²) in [7, 11) is 1.64. The quantitative estimate of drug-likeness (QED) is 0.866. The zero-order chi connectivity index (χ0) is 17.4. The van der Waals surface area contributed by atoms with Crippen LogP contribution >= 0.6 is 0 Å². The fraction of sp³-hybridized carbons (Fsp3) is 0.632. The highest BCUT2D eigenvalue weighted by molar-refractivity contribution is 5.86. The maximum absolute atomic E-state index is 13.8. The minimum atomic E-state index is -0.747. The number of hydrogen-bond acceptors (Lipinski definition) is 4. The van der Waals surface area contributed by atoms with Gasteiger partial charge in [-0.15, -0.1) is 0 Å². The van der Waals surface area contributed by atoms with Crippen LogP contribution in [0.4, 0.5) is 4.39 Å². The van der Waals surface area contributed by atoms with Gasteiger partial charge in [0.05, 0.1) is 6.04 Å². The average molecular weight is 347 g/mol. The third kappa shape index (κ3) is 2.86. The summed E-state index contributed by atoms with van der Waals surface area (Å²) >= 11 is 0. The van der Waals surface area contributed by atoms with Crippen molar-refractivity contribution in [2.24, 2.45) is 11.8 Å². The number of rotatable bonds is 3. The van der Waals surface area contributed by atoms with Crippen molar-refractivity contribution < 1.29 is 13.9 Å². The molecule has 6 heteroatoms. The molecule has 0 radical (unpaired) electrons. The number of benzene rings is 1. The van der Waals surface area contributed by atoms with Gasteiger partial charge in [0.1, 0.15) is 11.4 Å². The molecule has 0 aromatic heterocycles. The van der Waals surface area contributed by atoms with Crippen molar-refractivity contribution in [3.63, 3.8) is 0 Å². The number of nitrogens with one attached hydrogen (secondary N) is 2. The molecule has 0 aliphatic carbocycles. The molecule has 25 heavy (non-hydrogen) atoms. The van der Waals surface area contributed by atoms with E-state index in [0.29, 0.717) is 24.7 Å². The van der Waals surface area contributed by atoms with Crippen LogP contribution < -0.4 is 10.6 Å². The van der Waals surface area contributed by atoms with Crippen molar-refractivity contribution >= 4 is 5.91 Å². The Bertz CT molecular complexity index is 647. The molecule has 3 aliphatic rings. The van der Waals surface area contributed by atoms with Crippen molar-refractivity contribution in [1.29, 1.82) is 0 Å². The van der Waals surface area contributed by atoms with E-state index >= 15 is 0 Å². The van der Waals surface area contributed by atoms with Gasteiger partial charge in [-0.25, -0.2) is 4.39 Å². The molecule has 3 saturated heterocycles. The van der Waals surface area contributed by atoms with Crippen molar-refractivity contribution in [3.05, 3.63) is 35.6 Å². The number of hydrogen-bond donors (Lipinski definition) is 2. The van der Waals surface area contributed by atoms with E-state index in [4.69, 9.17) is 4.74 Å². The summed E-state index contributed by atoms with van der Waals surface area (Å²) in [5.74, 6) is 0.581. The third-order valence-corrected chi connectivity index (χ3v) is 6.21. The lowest BCUT2D eigenvalue weighted by Gasteiger charge is -2.40. The van der Waals surface area contributed by atoms with Crippen LogP contribution in [0.15, 0.2) is 24.3 Å². The molecule has 1 aromatic carbocycles. The molecule has 0 spiro atoms. The molecule has 3 aliphatic heterocycles. The van der Waals surface area contributed by atoms with Gasteiger partial charge in [0.2, 0.25) is 0 Å². The Balaban J connectivity index is 1.68. The highest BCUT2D eigenvalue weighted by Gasteiger charge is 2.52. The van der Waals surface area contributed by atoms with Gasteiger partial charge in [0.25, 0.3) is 5.91 Å². The van der Waals surface area contributed by atoms with E-state index in [1.54, 1.807) is 19.2 Å². The Labute approximate surface area is 147 Å². The summed E-state index contributed by atoms with van der Waals surface area (Å²) in [6.45, 7) is 4.08. The Morgan fingerprint density at radius 3 is 2.80 bits per heavy atom. The smallest absolute Gasteiger partial charge is 0.255 e. The van der Waals surface area contributed by atoms with E-state index in [0.717, 1.165) is 38.3 Å². The van der Waals surface area contributed by atoms with Gasteiger partial charge >= 0.3 is 0 Å². The number of carbonyl (C=O) groups excluding carboxylic acids is 1. The second-order valence-corrected chi connectivity index (χ2v) is 7.49. The lowest BCUT2D eigenvalue weighted by molar-refractivity contribution is -0.160. The number of halogens is 1. The first kappa shape index (κ1) is 16.9. The predicted octanol–water partition coefficient (Wildman–Crippen LogP) is 1.31. The van der Waals surface area contributed by atoms with Crippen LogP contribution in [0.1, 0.15) is 24.4 Å². The van der Waals surface area contributed by atoms with Crippen molar-refractivity contribution in [2.45, 2.75) is 24.5 Å². The van der Waals surface area contributed by atoms with Crippen LogP contribution in [-0.2, 0) is 9.53 Å². The first-order valence-electron chi connectivity index (χ1n) is 9.18. The lowest BCUT2D eigenvalue weighted by atomic mass is 9.87. The molecule has 0 saturated carbocycles. The van der Waals surface area contributed by atoms with Crippen LogP contribution in [0.25, 0.3) is 0 Å². The second-order valence-electron chi connectivity index (χ2n) is 7.49. The average Bonchev–Trinajstić information content (AvgIpc) is 3.22. The summed E-state index contributed by atoms with van der Waals surface area (Å²) in [5, 5.41) is 6.73. The standard InChI is InChI=1S/C19H26FN3O2/c1-25-19(5-7-21-8-6-19)18(24)23-12-14-10-22-11-16(14)17(23)13-3-2-4-15(20)9-13/h2-4,9,14,16-17,21-22H,5-8,10-12H2,1H3/t14-,16-,17-/m0/s1. The first-order valence-corrected chi connectivity index (χ1v) is 9.18. The highest BCUT2D eigenvalue weighted by atomic mass is 19.1. The Morgan fingerprint density at radius 2 is 2.08 bits per heavy atom. The molecular formula is C19H26FN3O2. The number of carbonyl (C=O) groups is 1. The van der Waals surface area contributed by atoms with Crippen molar-refractivity contribution in [1.82, 2.24) is 15.5 Å². The lowest BCUT2D eigenvalue weighted by Crippen LogP contribution is -2.55. The summed E-state index contributed by atoms with van der Waals surface area (Å²) in [6.07, 6.45) is 1.37. The number of nitrogens with zero attached hydrogens (tertiary/aromatic N) is 1. The number of fused-ring (bicyclic) bond motifs is 1. The summed E-state index contributed by atoms with van der Waals surface area (Å²) < 4.78 is 19.6. The molecule has 136 valence electrons. The van der Waals surface area contributed by atoms with Gasteiger partial charge in [-0.3, -0.25) is 4.79 Å². The number of methoxy groups -OCH3 is 1. The molecule has 1 aromatic rings. The fourth-order valence-electron chi connectivity index (χ4n) is 4.84. The van der Waals surface area contributed by atoms with Crippen LogP contribution in [0.2, 0.25) is 0 Å². The molecule has 0 unspecified atom stereocenters. The Hall–Kier alpha value is -1.50. The van der Waals surface area contributed by atoms with Gasteiger partial charge in [-0.05, 0) is 49.5 Å².